The molecule has 0 N–H and O–H groups in total. The summed E-state index contributed by atoms with van der Waals surface area (Å²) in [6, 6.07) is 11.0. The zero-order valence-corrected chi connectivity index (χ0v) is 18.8. The fourth-order valence-electron chi connectivity index (χ4n) is 3.14. The molecule has 2 aromatic carbocycles. The zero-order chi connectivity index (χ0) is 22.7. The van der Waals surface area contributed by atoms with Crippen molar-refractivity contribution in [3.05, 3.63) is 68.2 Å². The topological polar surface area (TPSA) is 84.2 Å². The molecule has 0 unspecified atom stereocenters. The molecule has 0 bridgehead atoms. The molecule has 2 aromatic heterocycles. The molecule has 0 amide bonds. The van der Waals surface area contributed by atoms with Crippen LogP contribution in [0.15, 0.2) is 41.2 Å². The zero-order valence-electron chi connectivity index (χ0n) is 18.0. The summed E-state index contributed by atoms with van der Waals surface area (Å²) in [6.45, 7) is 0. The monoisotopic (exact) mass is 451 g/mol. The van der Waals surface area contributed by atoms with Crippen LogP contribution in [0.2, 0.25) is 0 Å². The molecule has 0 spiro atoms. The molecule has 0 aliphatic heterocycles. The molecule has 0 radical (unpaired) electrons. The molecule has 0 fully saturated rings. The summed E-state index contributed by atoms with van der Waals surface area (Å²) in [5, 5.41) is 4.32. The lowest BCUT2D eigenvalue weighted by Crippen LogP contribution is -2.23. The van der Waals surface area contributed by atoms with Crippen LogP contribution in [0.25, 0.3) is 23.2 Å². The molecule has 4 aromatic rings. The number of rotatable bonds is 7. The highest BCUT2D eigenvalue weighted by molar-refractivity contribution is 7.15. The Balaban J connectivity index is 1.63. The van der Waals surface area contributed by atoms with Gasteiger partial charge in [-0.1, -0.05) is 29.5 Å². The molecule has 0 aliphatic rings. The van der Waals surface area contributed by atoms with E-state index < -0.39 is 0 Å². The van der Waals surface area contributed by atoms with E-state index in [2.05, 4.69) is 10.1 Å². The first kappa shape index (κ1) is 21.4. The number of fused-ring (bicyclic) bond motifs is 1. The minimum absolute atomic E-state index is 0.224. The van der Waals surface area contributed by atoms with Crippen LogP contribution in [0, 0.1) is 0 Å². The van der Waals surface area contributed by atoms with Gasteiger partial charge >= 0.3 is 0 Å². The highest BCUT2D eigenvalue weighted by Gasteiger charge is 2.10. The third-order valence-corrected chi connectivity index (χ3v) is 5.70. The molecule has 2 heterocycles. The number of hydrogen-bond donors (Lipinski definition) is 0. The Kier molecular flexibility index (Phi) is 6.09. The highest BCUT2D eigenvalue weighted by atomic mass is 32.1. The van der Waals surface area contributed by atoms with Gasteiger partial charge in [-0.05, 0) is 47.5 Å². The van der Waals surface area contributed by atoms with E-state index in [0.717, 1.165) is 11.1 Å². The maximum atomic E-state index is 12.8. The second-order valence-corrected chi connectivity index (χ2v) is 7.65. The first-order chi connectivity index (χ1) is 15.6. The predicted molar refractivity (Wildman–Crippen MR) is 124 cm³/mol. The summed E-state index contributed by atoms with van der Waals surface area (Å²) in [6.07, 6.45) is 5.38. The first-order valence-electron chi connectivity index (χ1n) is 9.59. The highest BCUT2D eigenvalue weighted by Crippen LogP contribution is 2.29. The molecule has 4 rings (SSSR count). The lowest BCUT2D eigenvalue weighted by molar-refractivity contribution is 0.355. The molecule has 0 saturated heterocycles. The van der Waals surface area contributed by atoms with Gasteiger partial charge in [-0.3, -0.25) is 4.79 Å². The SMILES string of the molecule is COc1ccc(/C=c2\sc3nc(/C=C/c4ccc(OC)c(OC)c4)nn3c2=O)cc1OC. The Morgan fingerprint density at radius 1 is 0.812 bits per heavy atom. The maximum absolute atomic E-state index is 12.8. The summed E-state index contributed by atoms with van der Waals surface area (Å²) >= 11 is 1.27. The van der Waals surface area contributed by atoms with Gasteiger partial charge in [-0.15, -0.1) is 5.10 Å². The van der Waals surface area contributed by atoms with Gasteiger partial charge in [0.1, 0.15) is 0 Å². The summed E-state index contributed by atoms with van der Waals surface area (Å²) in [4.78, 5) is 17.8. The van der Waals surface area contributed by atoms with Crippen LogP contribution in [0.4, 0.5) is 0 Å². The molecule has 0 saturated carbocycles. The molecule has 164 valence electrons. The summed E-state index contributed by atoms with van der Waals surface area (Å²) in [5.41, 5.74) is 1.49. The lowest BCUT2D eigenvalue weighted by Gasteiger charge is -2.07. The van der Waals surface area contributed by atoms with E-state index in [1.54, 1.807) is 46.7 Å². The number of ether oxygens (including phenoxy) is 4. The standard InChI is InChI=1S/C23H21N3O5S/c1-28-16-8-5-14(11-18(16)30-3)7-10-21-24-23-26(25-21)22(27)20(32-23)13-15-6-9-17(29-2)19(12-15)31-4/h5-13H,1-4H3/b10-7+,20-13-. The number of hydrogen-bond acceptors (Lipinski definition) is 8. The normalized spacial score (nSPS) is 11.9. The van der Waals surface area contributed by atoms with Crippen molar-refractivity contribution in [2.45, 2.75) is 0 Å². The Bertz CT molecular complexity index is 1410. The fraction of sp³-hybridized carbons (Fsp3) is 0.174. The third-order valence-electron chi connectivity index (χ3n) is 4.74. The number of nitrogens with zero attached hydrogens (tertiary/aromatic N) is 3. The van der Waals surface area contributed by atoms with Crippen molar-refractivity contribution < 1.29 is 18.9 Å². The van der Waals surface area contributed by atoms with Crippen molar-refractivity contribution in [3.63, 3.8) is 0 Å². The van der Waals surface area contributed by atoms with E-state index in [1.807, 2.05) is 36.4 Å². The average molecular weight is 452 g/mol. The number of methoxy groups -OCH3 is 4. The Morgan fingerprint density at radius 2 is 1.41 bits per heavy atom. The van der Waals surface area contributed by atoms with Crippen molar-refractivity contribution >= 4 is 34.5 Å². The Labute approximate surface area is 188 Å². The van der Waals surface area contributed by atoms with Crippen LogP contribution in [0.3, 0.4) is 0 Å². The molecule has 0 atom stereocenters. The van der Waals surface area contributed by atoms with Crippen LogP contribution in [0.5, 0.6) is 23.0 Å². The van der Waals surface area contributed by atoms with Crippen molar-refractivity contribution in [1.29, 1.82) is 0 Å². The molecule has 0 aliphatic carbocycles. The lowest BCUT2D eigenvalue weighted by atomic mass is 10.2. The first-order valence-corrected chi connectivity index (χ1v) is 10.4. The van der Waals surface area contributed by atoms with Crippen molar-refractivity contribution in [1.82, 2.24) is 14.6 Å². The van der Waals surface area contributed by atoms with Gasteiger partial charge in [-0.25, -0.2) is 0 Å². The van der Waals surface area contributed by atoms with Gasteiger partial charge in [0.05, 0.1) is 33.0 Å². The molecule has 8 nitrogen and oxygen atoms in total. The number of benzene rings is 2. The van der Waals surface area contributed by atoms with Crippen LogP contribution in [-0.2, 0) is 0 Å². The van der Waals surface area contributed by atoms with Crippen molar-refractivity contribution in [3.8, 4) is 23.0 Å². The summed E-state index contributed by atoms with van der Waals surface area (Å²) < 4.78 is 23.0. The second kappa shape index (κ2) is 9.11. The van der Waals surface area contributed by atoms with Crippen LogP contribution < -0.4 is 29.0 Å². The smallest absolute Gasteiger partial charge is 0.291 e. The Hall–Kier alpha value is -3.85. The number of aromatic nitrogens is 3. The Morgan fingerprint density at radius 3 is 2.00 bits per heavy atom. The van der Waals surface area contributed by atoms with Gasteiger partial charge in [-0.2, -0.15) is 9.50 Å². The van der Waals surface area contributed by atoms with Crippen LogP contribution in [0.1, 0.15) is 17.0 Å². The largest absolute Gasteiger partial charge is 0.493 e. The van der Waals surface area contributed by atoms with E-state index >= 15 is 0 Å². The van der Waals surface area contributed by atoms with Gasteiger partial charge < -0.3 is 18.9 Å². The van der Waals surface area contributed by atoms with Crippen molar-refractivity contribution in [2.75, 3.05) is 28.4 Å². The van der Waals surface area contributed by atoms with Crippen LogP contribution in [-0.4, -0.2) is 43.0 Å². The fourth-order valence-corrected chi connectivity index (χ4v) is 4.06. The van der Waals surface area contributed by atoms with E-state index in [-0.39, 0.29) is 5.56 Å². The molecule has 9 heteroatoms. The van der Waals surface area contributed by atoms with E-state index in [0.29, 0.717) is 38.3 Å². The predicted octanol–water partition coefficient (Wildman–Crippen LogP) is 2.90. The van der Waals surface area contributed by atoms with Gasteiger partial charge in [0.2, 0.25) is 4.96 Å². The molecular weight excluding hydrogens is 430 g/mol. The van der Waals surface area contributed by atoms with E-state index in [1.165, 1.54) is 15.9 Å². The number of thiazole rings is 1. The van der Waals surface area contributed by atoms with Gasteiger partial charge in [0.25, 0.3) is 5.56 Å². The van der Waals surface area contributed by atoms with E-state index in [4.69, 9.17) is 18.9 Å². The van der Waals surface area contributed by atoms with Crippen molar-refractivity contribution in [2.24, 2.45) is 0 Å². The minimum Gasteiger partial charge on any atom is -0.493 e. The average Bonchev–Trinajstić information content (AvgIpc) is 3.35. The van der Waals surface area contributed by atoms with E-state index in [9.17, 15) is 4.79 Å². The molecular formula is C23H21N3O5S. The minimum atomic E-state index is -0.224. The summed E-state index contributed by atoms with van der Waals surface area (Å²) in [7, 11) is 6.32. The van der Waals surface area contributed by atoms with Gasteiger partial charge in [0.15, 0.2) is 28.8 Å². The third kappa shape index (κ3) is 4.15. The van der Waals surface area contributed by atoms with Gasteiger partial charge in [0, 0.05) is 0 Å². The quantitative estimate of drug-likeness (QED) is 0.427. The molecule has 32 heavy (non-hydrogen) atoms. The second-order valence-electron chi connectivity index (χ2n) is 6.64. The maximum Gasteiger partial charge on any atom is 0.291 e. The summed E-state index contributed by atoms with van der Waals surface area (Å²) in [5.74, 6) is 2.95. The van der Waals surface area contributed by atoms with Crippen LogP contribution >= 0.6 is 11.3 Å².